The van der Waals surface area contributed by atoms with E-state index in [0.29, 0.717) is 5.02 Å². The second-order valence-corrected chi connectivity index (χ2v) is 2.45. The Morgan fingerprint density at radius 2 is 1.91 bits per heavy atom. The van der Waals surface area contributed by atoms with Gasteiger partial charge in [-0.3, -0.25) is 0 Å². The van der Waals surface area contributed by atoms with Crippen LogP contribution in [0.25, 0.3) is 6.08 Å². The number of nitriles is 1. The van der Waals surface area contributed by atoms with Crippen molar-refractivity contribution in [3.05, 3.63) is 40.9 Å². The summed E-state index contributed by atoms with van der Waals surface area (Å²) in [5.74, 6) is 0. The molecule has 0 amide bonds. The van der Waals surface area contributed by atoms with Gasteiger partial charge in [0, 0.05) is 11.1 Å². The molecule has 0 aliphatic carbocycles. The summed E-state index contributed by atoms with van der Waals surface area (Å²) in [5.41, 5.74) is 0.982. The summed E-state index contributed by atoms with van der Waals surface area (Å²) in [7, 11) is 0. The number of rotatable bonds is 1. The standard InChI is InChI=1S/C9H6ClN/c10-9-5-3-8(4-6-9)2-1-7-11/h1-6H. The molecule has 0 spiro atoms. The summed E-state index contributed by atoms with van der Waals surface area (Å²) in [6.45, 7) is 0. The molecule has 0 atom stereocenters. The highest BCUT2D eigenvalue weighted by Gasteiger charge is 1.85. The smallest absolute Gasteiger partial charge is 0.0912 e. The molecule has 0 aliphatic rings. The average Bonchev–Trinajstić information content (AvgIpc) is 2.04. The van der Waals surface area contributed by atoms with E-state index in [0.717, 1.165) is 5.56 Å². The Labute approximate surface area is 70.5 Å². The molecule has 0 fully saturated rings. The minimum absolute atomic E-state index is 0.708. The maximum absolute atomic E-state index is 8.22. The molecular formula is C9H6ClN. The first-order valence-electron chi connectivity index (χ1n) is 3.14. The van der Waals surface area contributed by atoms with Gasteiger partial charge in [0.1, 0.15) is 0 Å². The van der Waals surface area contributed by atoms with Gasteiger partial charge >= 0.3 is 0 Å². The highest BCUT2D eigenvalue weighted by Crippen LogP contribution is 2.10. The van der Waals surface area contributed by atoms with Crippen LogP contribution in [-0.4, -0.2) is 0 Å². The van der Waals surface area contributed by atoms with Crippen molar-refractivity contribution in [2.75, 3.05) is 0 Å². The van der Waals surface area contributed by atoms with Crippen molar-refractivity contribution in [1.29, 1.82) is 5.26 Å². The van der Waals surface area contributed by atoms with E-state index in [2.05, 4.69) is 0 Å². The van der Waals surface area contributed by atoms with Crippen LogP contribution in [0.2, 0.25) is 5.02 Å². The van der Waals surface area contributed by atoms with E-state index < -0.39 is 0 Å². The van der Waals surface area contributed by atoms with Crippen molar-refractivity contribution in [2.45, 2.75) is 0 Å². The molecule has 0 saturated carbocycles. The lowest BCUT2D eigenvalue weighted by atomic mass is 10.2. The van der Waals surface area contributed by atoms with Crippen LogP contribution < -0.4 is 0 Å². The minimum atomic E-state index is 0.708. The van der Waals surface area contributed by atoms with Gasteiger partial charge < -0.3 is 0 Å². The molecule has 0 bridgehead atoms. The van der Waals surface area contributed by atoms with Crippen LogP contribution >= 0.6 is 11.6 Å². The normalized spacial score (nSPS) is 9.82. The lowest BCUT2D eigenvalue weighted by Crippen LogP contribution is -1.68. The van der Waals surface area contributed by atoms with Crippen molar-refractivity contribution in [3.8, 4) is 6.07 Å². The molecule has 0 aromatic heterocycles. The van der Waals surface area contributed by atoms with Crippen LogP contribution in [-0.2, 0) is 0 Å². The Kier molecular flexibility index (Phi) is 2.71. The first-order chi connectivity index (χ1) is 5.33. The molecule has 11 heavy (non-hydrogen) atoms. The zero-order valence-electron chi connectivity index (χ0n) is 5.79. The van der Waals surface area contributed by atoms with E-state index in [1.54, 1.807) is 18.2 Å². The van der Waals surface area contributed by atoms with E-state index in [-0.39, 0.29) is 0 Å². The van der Waals surface area contributed by atoms with Gasteiger partial charge in [0.25, 0.3) is 0 Å². The summed E-state index contributed by atoms with van der Waals surface area (Å²) in [6, 6.07) is 9.21. The summed E-state index contributed by atoms with van der Waals surface area (Å²) in [4.78, 5) is 0. The van der Waals surface area contributed by atoms with Gasteiger partial charge in [0.15, 0.2) is 0 Å². The zero-order chi connectivity index (χ0) is 8.10. The Bertz CT molecular complexity index is 292. The van der Waals surface area contributed by atoms with Crippen molar-refractivity contribution >= 4 is 17.7 Å². The lowest BCUT2D eigenvalue weighted by molar-refractivity contribution is 1.54. The highest BCUT2D eigenvalue weighted by atomic mass is 35.5. The summed E-state index contributed by atoms with van der Waals surface area (Å²) in [5, 5.41) is 8.93. The monoisotopic (exact) mass is 163 g/mol. The molecule has 0 heterocycles. The third-order valence-electron chi connectivity index (χ3n) is 1.22. The van der Waals surface area contributed by atoms with Crippen LogP contribution in [0.15, 0.2) is 30.3 Å². The largest absolute Gasteiger partial charge is 0.193 e. The summed E-state index contributed by atoms with van der Waals surface area (Å²) >= 11 is 5.66. The SMILES string of the molecule is N#CC=Cc1ccc(Cl)cc1. The third-order valence-corrected chi connectivity index (χ3v) is 1.47. The molecule has 1 aromatic carbocycles. The van der Waals surface area contributed by atoms with Gasteiger partial charge in [0.2, 0.25) is 0 Å². The quantitative estimate of drug-likeness (QED) is 0.584. The summed E-state index contributed by atoms with van der Waals surface area (Å²) < 4.78 is 0. The van der Waals surface area contributed by atoms with Crippen LogP contribution in [0.1, 0.15) is 5.56 Å². The molecule has 1 rings (SSSR count). The van der Waals surface area contributed by atoms with E-state index in [1.807, 2.05) is 18.2 Å². The second kappa shape index (κ2) is 3.80. The maximum Gasteiger partial charge on any atom is 0.0912 e. The average molecular weight is 164 g/mol. The third kappa shape index (κ3) is 2.45. The van der Waals surface area contributed by atoms with Crippen LogP contribution in [0.3, 0.4) is 0 Å². The van der Waals surface area contributed by atoms with E-state index >= 15 is 0 Å². The van der Waals surface area contributed by atoms with Crippen LogP contribution in [0, 0.1) is 11.3 Å². The van der Waals surface area contributed by atoms with Gasteiger partial charge in [-0.2, -0.15) is 5.26 Å². The minimum Gasteiger partial charge on any atom is -0.193 e. The number of nitrogens with zero attached hydrogens (tertiary/aromatic N) is 1. The maximum atomic E-state index is 8.22. The number of hydrogen-bond donors (Lipinski definition) is 0. The van der Waals surface area contributed by atoms with Crippen LogP contribution in [0.4, 0.5) is 0 Å². The fourth-order valence-corrected chi connectivity index (χ4v) is 0.833. The molecule has 54 valence electrons. The Morgan fingerprint density at radius 1 is 1.27 bits per heavy atom. The molecule has 0 unspecified atom stereocenters. The van der Waals surface area contributed by atoms with Gasteiger partial charge in [-0.05, 0) is 23.8 Å². The number of halogens is 1. The number of benzene rings is 1. The molecule has 1 nitrogen and oxygen atoms in total. The molecular weight excluding hydrogens is 158 g/mol. The molecule has 2 heteroatoms. The van der Waals surface area contributed by atoms with Gasteiger partial charge in [-0.25, -0.2) is 0 Å². The zero-order valence-corrected chi connectivity index (χ0v) is 6.55. The van der Waals surface area contributed by atoms with E-state index in [1.165, 1.54) is 6.08 Å². The van der Waals surface area contributed by atoms with Crippen molar-refractivity contribution in [3.63, 3.8) is 0 Å². The fraction of sp³-hybridized carbons (Fsp3) is 0. The topological polar surface area (TPSA) is 23.8 Å². The Morgan fingerprint density at radius 3 is 2.45 bits per heavy atom. The van der Waals surface area contributed by atoms with E-state index in [9.17, 15) is 0 Å². The van der Waals surface area contributed by atoms with Crippen molar-refractivity contribution in [1.82, 2.24) is 0 Å². The molecule has 0 aliphatic heterocycles. The van der Waals surface area contributed by atoms with Gasteiger partial charge in [0.05, 0.1) is 6.07 Å². The van der Waals surface area contributed by atoms with E-state index in [4.69, 9.17) is 16.9 Å². The van der Waals surface area contributed by atoms with Gasteiger partial charge in [-0.1, -0.05) is 23.7 Å². The lowest BCUT2D eigenvalue weighted by Gasteiger charge is -1.90. The molecule has 0 radical (unpaired) electrons. The molecule has 1 aromatic rings. The number of allylic oxidation sites excluding steroid dienone is 1. The first-order valence-corrected chi connectivity index (χ1v) is 3.52. The first kappa shape index (κ1) is 7.84. The fourth-order valence-electron chi connectivity index (χ4n) is 0.707. The van der Waals surface area contributed by atoms with Crippen LogP contribution in [0.5, 0.6) is 0 Å². The Hall–Kier alpha value is -1.26. The number of hydrogen-bond acceptors (Lipinski definition) is 1. The van der Waals surface area contributed by atoms with Crippen molar-refractivity contribution in [2.24, 2.45) is 0 Å². The van der Waals surface area contributed by atoms with Crippen molar-refractivity contribution < 1.29 is 0 Å². The molecule has 0 saturated heterocycles. The summed E-state index contributed by atoms with van der Waals surface area (Å²) in [6.07, 6.45) is 3.17. The molecule has 0 N–H and O–H groups in total. The van der Waals surface area contributed by atoms with Gasteiger partial charge in [-0.15, -0.1) is 0 Å². The predicted molar refractivity (Wildman–Crippen MR) is 46.1 cm³/mol. The highest BCUT2D eigenvalue weighted by molar-refractivity contribution is 6.30. The second-order valence-electron chi connectivity index (χ2n) is 2.01. The Balaban J connectivity index is 2.84. The predicted octanol–water partition coefficient (Wildman–Crippen LogP) is 2.88.